The normalized spacial score (nSPS) is 10.3. The van der Waals surface area contributed by atoms with Crippen LogP contribution in [-0.4, -0.2) is 36.8 Å². The average molecular weight is 174 g/mol. The zero-order chi connectivity index (χ0) is 9.40. The summed E-state index contributed by atoms with van der Waals surface area (Å²) in [6.07, 6.45) is 0.470. The van der Waals surface area contributed by atoms with Gasteiger partial charge >= 0.3 is 0 Å². The molecule has 0 aromatic carbocycles. The lowest BCUT2D eigenvalue weighted by Gasteiger charge is -2.07. The molecule has 0 aliphatic carbocycles. The number of aliphatic hydroxyl groups excluding tert-OH is 1. The molecule has 0 aliphatic heterocycles. The lowest BCUT2D eigenvalue weighted by atomic mass is 10.3. The fourth-order valence-electron chi connectivity index (χ4n) is 0.800. The molecule has 0 saturated carbocycles. The molecule has 72 valence electrons. The SMILES string of the molecule is CC(C)NC(=O)CCNCCO. The van der Waals surface area contributed by atoms with Gasteiger partial charge in [0.25, 0.3) is 0 Å². The van der Waals surface area contributed by atoms with Gasteiger partial charge in [-0.3, -0.25) is 4.79 Å². The van der Waals surface area contributed by atoms with Crippen LogP contribution < -0.4 is 10.6 Å². The van der Waals surface area contributed by atoms with Crippen LogP contribution in [0.15, 0.2) is 0 Å². The summed E-state index contributed by atoms with van der Waals surface area (Å²) >= 11 is 0. The van der Waals surface area contributed by atoms with Crippen molar-refractivity contribution in [3.63, 3.8) is 0 Å². The number of nitrogens with one attached hydrogen (secondary N) is 2. The highest BCUT2D eigenvalue weighted by Crippen LogP contribution is 1.81. The predicted molar refractivity (Wildman–Crippen MR) is 47.9 cm³/mol. The van der Waals surface area contributed by atoms with Gasteiger partial charge in [0.2, 0.25) is 5.91 Å². The van der Waals surface area contributed by atoms with Gasteiger partial charge in [0.15, 0.2) is 0 Å². The van der Waals surface area contributed by atoms with Crippen molar-refractivity contribution < 1.29 is 9.90 Å². The summed E-state index contributed by atoms with van der Waals surface area (Å²) in [5.74, 6) is 0.0513. The smallest absolute Gasteiger partial charge is 0.221 e. The molecular weight excluding hydrogens is 156 g/mol. The lowest BCUT2D eigenvalue weighted by molar-refractivity contribution is -0.121. The number of hydrogen-bond donors (Lipinski definition) is 3. The van der Waals surface area contributed by atoms with Crippen molar-refractivity contribution in [2.45, 2.75) is 26.3 Å². The Hall–Kier alpha value is -0.610. The van der Waals surface area contributed by atoms with Crippen LogP contribution in [0.25, 0.3) is 0 Å². The van der Waals surface area contributed by atoms with E-state index >= 15 is 0 Å². The Kier molecular flexibility index (Phi) is 6.70. The summed E-state index contributed by atoms with van der Waals surface area (Å²) < 4.78 is 0. The molecule has 0 aromatic heterocycles. The van der Waals surface area contributed by atoms with Crippen LogP contribution >= 0.6 is 0 Å². The van der Waals surface area contributed by atoms with Crippen molar-refractivity contribution in [1.29, 1.82) is 0 Å². The van der Waals surface area contributed by atoms with Crippen LogP contribution in [0.3, 0.4) is 0 Å². The fraction of sp³-hybridized carbons (Fsp3) is 0.875. The first-order valence-corrected chi connectivity index (χ1v) is 4.27. The number of aliphatic hydroxyl groups is 1. The van der Waals surface area contributed by atoms with Gasteiger partial charge < -0.3 is 15.7 Å². The third kappa shape index (κ3) is 7.50. The average Bonchev–Trinajstić information content (AvgIpc) is 1.97. The minimum absolute atomic E-state index is 0.0513. The van der Waals surface area contributed by atoms with Crippen LogP contribution in [0.4, 0.5) is 0 Å². The largest absolute Gasteiger partial charge is 0.395 e. The van der Waals surface area contributed by atoms with E-state index in [2.05, 4.69) is 10.6 Å². The number of hydrogen-bond acceptors (Lipinski definition) is 3. The second kappa shape index (κ2) is 7.06. The van der Waals surface area contributed by atoms with E-state index in [4.69, 9.17) is 5.11 Å². The Morgan fingerprint density at radius 3 is 2.58 bits per heavy atom. The lowest BCUT2D eigenvalue weighted by Crippen LogP contribution is -2.33. The third-order valence-electron chi connectivity index (χ3n) is 1.27. The van der Waals surface area contributed by atoms with Gasteiger partial charge in [0.05, 0.1) is 6.61 Å². The fourth-order valence-corrected chi connectivity index (χ4v) is 0.800. The minimum atomic E-state index is 0.0513. The van der Waals surface area contributed by atoms with Crippen molar-refractivity contribution in [3.8, 4) is 0 Å². The third-order valence-corrected chi connectivity index (χ3v) is 1.27. The quantitative estimate of drug-likeness (QED) is 0.475. The molecule has 4 nitrogen and oxygen atoms in total. The first kappa shape index (κ1) is 11.4. The molecule has 0 saturated heterocycles. The topological polar surface area (TPSA) is 61.4 Å². The maximum Gasteiger partial charge on any atom is 0.221 e. The molecule has 0 rings (SSSR count). The highest BCUT2D eigenvalue weighted by atomic mass is 16.3. The number of carbonyl (C=O) groups is 1. The van der Waals surface area contributed by atoms with Crippen molar-refractivity contribution in [1.82, 2.24) is 10.6 Å². The summed E-state index contributed by atoms with van der Waals surface area (Å²) in [6.45, 7) is 5.15. The molecule has 0 radical (unpaired) electrons. The summed E-state index contributed by atoms with van der Waals surface area (Å²) in [4.78, 5) is 11.0. The van der Waals surface area contributed by atoms with Crippen LogP contribution in [0.5, 0.6) is 0 Å². The number of carbonyl (C=O) groups excluding carboxylic acids is 1. The first-order chi connectivity index (χ1) is 5.66. The summed E-state index contributed by atoms with van der Waals surface area (Å²) in [5.41, 5.74) is 0. The molecule has 3 N–H and O–H groups in total. The Morgan fingerprint density at radius 2 is 2.08 bits per heavy atom. The van der Waals surface area contributed by atoms with E-state index in [1.54, 1.807) is 0 Å². The van der Waals surface area contributed by atoms with Crippen LogP contribution in [0, 0.1) is 0 Å². The first-order valence-electron chi connectivity index (χ1n) is 4.27. The molecule has 0 atom stereocenters. The molecule has 0 heterocycles. The van der Waals surface area contributed by atoms with Crippen molar-refractivity contribution in [3.05, 3.63) is 0 Å². The predicted octanol–water partition coefficient (Wildman–Crippen LogP) is -0.517. The van der Waals surface area contributed by atoms with Gasteiger partial charge in [-0.1, -0.05) is 0 Å². The zero-order valence-corrected chi connectivity index (χ0v) is 7.76. The monoisotopic (exact) mass is 174 g/mol. The minimum Gasteiger partial charge on any atom is -0.395 e. The van der Waals surface area contributed by atoms with Gasteiger partial charge in [-0.2, -0.15) is 0 Å². The molecule has 4 heteroatoms. The van der Waals surface area contributed by atoms with Crippen molar-refractivity contribution in [2.75, 3.05) is 19.7 Å². The van der Waals surface area contributed by atoms with E-state index in [0.29, 0.717) is 19.5 Å². The second-order valence-corrected chi connectivity index (χ2v) is 2.95. The molecule has 0 unspecified atom stereocenters. The van der Waals surface area contributed by atoms with Gasteiger partial charge in [-0.05, 0) is 13.8 Å². The zero-order valence-electron chi connectivity index (χ0n) is 7.76. The molecule has 0 bridgehead atoms. The van der Waals surface area contributed by atoms with E-state index in [-0.39, 0.29) is 18.6 Å². The van der Waals surface area contributed by atoms with Crippen LogP contribution in [0.2, 0.25) is 0 Å². The molecule has 0 aromatic rings. The number of amides is 1. The van der Waals surface area contributed by atoms with Gasteiger partial charge in [-0.25, -0.2) is 0 Å². The van der Waals surface area contributed by atoms with E-state index in [0.717, 1.165) is 0 Å². The van der Waals surface area contributed by atoms with Gasteiger partial charge in [0, 0.05) is 25.6 Å². The molecule has 0 aliphatic rings. The van der Waals surface area contributed by atoms with Gasteiger partial charge in [-0.15, -0.1) is 0 Å². The van der Waals surface area contributed by atoms with Crippen LogP contribution in [-0.2, 0) is 4.79 Å². The maximum absolute atomic E-state index is 11.0. The van der Waals surface area contributed by atoms with E-state index in [9.17, 15) is 4.79 Å². The Labute approximate surface area is 73.3 Å². The summed E-state index contributed by atoms with van der Waals surface area (Å²) in [6, 6.07) is 0.204. The Balaban J connectivity index is 3.20. The Bertz CT molecular complexity index is 126. The standard InChI is InChI=1S/C8H18N2O2/c1-7(2)10-8(12)3-4-9-5-6-11/h7,9,11H,3-6H2,1-2H3,(H,10,12). The molecule has 12 heavy (non-hydrogen) atoms. The summed E-state index contributed by atoms with van der Waals surface area (Å²) in [7, 11) is 0. The van der Waals surface area contributed by atoms with Crippen LogP contribution in [0.1, 0.15) is 20.3 Å². The molecular formula is C8H18N2O2. The maximum atomic E-state index is 11.0. The van der Waals surface area contributed by atoms with E-state index in [1.165, 1.54) is 0 Å². The molecule has 1 amide bonds. The van der Waals surface area contributed by atoms with E-state index < -0.39 is 0 Å². The Morgan fingerprint density at radius 1 is 1.42 bits per heavy atom. The highest BCUT2D eigenvalue weighted by Gasteiger charge is 2.01. The van der Waals surface area contributed by atoms with Gasteiger partial charge in [0.1, 0.15) is 0 Å². The second-order valence-electron chi connectivity index (χ2n) is 2.95. The van der Waals surface area contributed by atoms with E-state index in [1.807, 2.05) is 13.8 Å². The molecule has 0 spiro atoms. The van der Waals surface area contributed by atoms with Crippen molar-refractivity contribution in [2.24, 2.45) is 0 Å². The number of rotatable bonds is 6. The molecule has 0 fully saturated rings. The highest BCUT2D eigenvalue weighted by molar-refractivity contribution is 5.76. The summed E-state index contributed by atoms with van der Waals surface area (Å²) in [5, 5.41) is 14.1. The van der Waals surface area contributed by atoms with Crippen molar-refractivity contribution >= 4 is 5.91 Å².